The van der Waals surface area contributed by atoms with Crippen LogP contribution in [0.25, 0.3) is 0 Å². The molecule has 5 N–H and O–H groups in total. The first kappa shape index (κ1) is 24.3. The van der Waals surface area contributed by atoms with E-state index < -0.39 is 8.56 Å². The van der Waals surface area contributed by atoms with Gasteiger partial charge >= 0.3 is 8.56 Å². The minimum absolute atomic E-state index is 0. The summed E-state index contributed by atoms with van der Waals surface area (Å²) in [6.07, 6.45) is 9.53. The van der Waals surface area contributed by atoms with Gasteiger partial charge in [-0.15, -0.1) is 0 Å². The van der Waals surface area contributed by atoms with Crippen LogP contribution in [0.4, 0.5) is 0 Å². The van der Waals surface area contributed by atoms with Crippen LogP contribution >= 0.6 is 0 Å². The molecule has 0 fully saturated rings. The fraction of sp³-hybridized carbons (Fsp3) is 1.00. The molecule has 1 unspecified atom stereocenters. The lowest BCUT2D eigenvalue weighted by molar-refractivity contribution is 0.156. The van der Waals surface area contributed by atoms with E-state index in [1.165, 1.54) is 25.7 Å². The molecule has 0 radical (unpaired) electrons. The first-order valence-electron chi connectivity index (χ1n) is 9.14. The van der Waals surface area contributed by atoms with Gasteiger partial charge in [-0.1, -0.05) is 53.4 Å². The van der Waals surface area contributed by atoms with Crippen LogP contribution in [0.3, 0.4) is 0 Å². The van der Waals surface area contributed by atoms with Crippen LogP contribution in [0.2, 0.25) is 11.6 Å². The minimum atomic E-state index is -2.08. The molecule has 0 aromatic heterocycles. The molecule has 0 aliphatic carbocycles. The molecule has 136 valence electrons. The molecule has 4 nitrogen and oxygen atoms in total. The van der Waals surface area contributed by atoms with Gasteiger partial charge in [0.05, 0.1) is 0 Å². The summed E-state index contributed by atoms with van der Waals surface area (Å²) in [6.45, 7) is 11.4. The van der Waals surface area contributed by atoms with Crippen molar-refractivity contribution in [2.24, 2.45) is 5.73 Å². The maximum Gasteiger partial charge on any atom is 0.341 e. The van der Waals surface area contributed by atoms with Crippen molar-refractivity contribution in [2.75, 3.05) is 19.8 Å². The van der Waals surface area contributed by atoms with Gasteiger partial charge in [0.1, 0.15) is 0 Å². The summed E-state index contributed by atoms with van der Waals surface area (Å²) in [5.74, 6) is 0. The van der Waals surface area contributed by atoms with Crippen molar-refractivity contribution in [3.63, 3.8) is 0 Å². The quantitative estimate of drug-likeness (QED) is 0.320. The molecule has 0 heterocycles. The lowest BCUT2D eigenvalue weighted by Gasteiger charge is -2.36. The molecule has 0 saturated heterocycles. The molecule has 22 heavy (non-hydrogen) atoms. The van der Waals surface area contributed by atoms with E-state index in [1.54, 1.807) is 0 Å². The highest BCUT2D eigenvalue weighted by molar-refractivity contribution is 6.68. The number of unbranched alkanes of at least 4 members (excludes halogenated alkanes) is 3. The fourth-order valence-electron chi connectivity index (χ4n) is 2.71. The molecular formula is C17H42N2O2Si. The van der Waals surface area contributed by atoms with Crippen molar-refractivity contribution in [2.45, 2.75) is 90.6 Å². The van der Waals surface area contributed by atoms with Gasteiger partial charge in [-0.05, 0) is 43.8 Å². The first-order valence-corrected chi connectivity index (χ1v) is 11.2. The largest absolute Gasteiger partial charge is 0.394 e. The molecule has 0 aliphatic rings. The Hall–Kier alpha value is 0.0569. The van der Waals surface area contributed by atoms with Crippen LogP contribution < -0.4 is 11.9 Å². The number of hydrogen-bond acceptors (Lipinski definition) is 4. The molecule has 0 amide bonds. The van der Waals surface area contributed by atoms with Gasteiger partial charge in [-0.3, -0.25) is 0 Å². The van der Waals surface area contributed by atoms with E-state index in [0.717, 1.165) is 51.5 Å². The zero-order chi connectivity index (χ0) is 16.0. The number of nitrogens with two attached hydrogens (primary N) is 1. The summed E-state index contributed by atoms with van der Waals surface area (Å²) in [5, 5.41) is 0. The second kappa shape index (κ2) is 15.9. The zero-order valence-electron chi connectivity index (χ0n) is 15.7. The Morgan fingerprint density at radius 1 is 0.864 bits per heavy atom. The SMILES string of the molecule is CCCCCC[Si](OCCC)(OCCC)C(C)CCCN.N. The molecule has 0 aromatic carbocycles. The second-order valence-electron chi connectivity index (χ2n) is 6.15. The predicted octanol–water partition coefficient (Wildman–Crippen LogP) is 5.15. The van der Waals surface area contributed by atoms with E-state index >= 15 is 0 Å². The van der Waals surface area contributed by atoms with Gasteiger partial charge in [-0.2, -0.15) is 0 Å². The molecule has 1 atom stereocenters. The Morgan fingerprint density at radius 2 is 1.45 bits per heavy atom. The highest BCUT2D eigenvalue weighted by Crippen LogP contribution is 2.34. The molecule has 0 aliphatic heterocycles. The zero-order valence-corrected chi connectivity index (χ0v) is 16.7. The van der Waals surface area contributed by atoms with Gasteiger partial charge in [0.2, 0.25) is 0 Å². The molecule has 0 bridgehead atoms. The summed E-state index contributed by atoms with van der Waals surface area (Å²) >= 11 is 0. The van der Waals surface area contributed by atoms with Gasteiger partial charge in [0, 0.05) is 13.2 Å². The second-order valence-corrected chi connectivity index (χ2v) is 9.84. The van der Waals surface area contributed by atoms with E-state index in [2.05, 4.69) is 27.7 Å². The Morgan fingerprint density at radius 3 is 1.91 bits per heavy atom. The molecule has 5 heteroatoms. The Bertz CT molecular complexity index is 223. The highest BCUT2D eigenvalue weighted by Gasteiger charge is 2.42. The van der Waals surface area contributed by atoms with E-state index in [0.29, 0.717) is 5.54 Å². The first-order chi connectivity index (χ1) is 10.2. The Kier molecular flexibility index (Phi) is 17.6. The lowest BCUT2D eigenvalue weighted by atomic mass is 10.2. The normalized spacial score (nSPS) is 13.0. The van der Waals surface area contributed by atoms with Crippen molar-refractivity contribution >= 4 is 8.56 Å². The smallest absolute Gasteiger partial charge is 0.341 e. The van der Waals surface area contributed by atoms with Gasteiger partial charge in [0.25, 0.3) is 0 Å². The summed E-state index contributed by atoms with van der Waals surface area (Å²) in [7, 11) is -2.08. The standard InChI is InChI=1S/C17H39NO2Si.H3N/c1-5-8-9-10-16-21(19-14-6-2,20-15-7-3)17(4)12-11-13-18;/h17H,5-16,18H2,1-4H3;1H3. The van der Waals surface area contributed by atoms with E-state index in [4.69, 9.17) is 14.6 Å². The average molecular weight is 335 g/mol. The van der Waals surface area contributed by atoms with Crippen molar-refractivity contribution in [3.8, 4) is 0 Å². The van der Waals surface area contributed by atoms with Crippen LogP contribution in [-0.4, -0.2) is 28.3 Å². The van der Waals surface area contributed by atoms with Crippen molar-refractivity contribution in [3.05, 3.63) is 0 Å². The van der Waals surface area contributed by atoms with Gasteiger partial charge < -0.3 is 20.7 Å². The van der Waals surface area contributed by atoms with Crippen molar-refractivity contribution < 1.29 is 8.85 Å². The fourth-order valence-corrected chi connectivity index (χ4v) is 6.63. The highest BCUT2D eigenvalue weighted by atomic mass is 28.4. The third-order valence-corrected chi connectivity index (χ3v) is 8.30. The predicted molar refractivity (Wildman–Crippen MR) is 99.9 cm³/mol. The lowest BCUT2D eigenvalue weighted by Crippen LogP contribution is -2.46. The summed E-state index contributed by atoms with van der Waals surface area (Å²) in [4.78, 5) is 0. The van der Waals surface area contributed by atoms with Crippen LogP contribution in [0, 0.1) is 0 Å². The van der Waals surface area contributed by atoms with Crippen LogP contribution in [-0.2, 0) is 8.85 Å². The maximum absolute atomic E-state index is 6.40. The van der Waals surface area contributed by atoms with Crippen LogP contribution in [0.5, 0.6) is 0 Å². The van der Waals surface area contributed by atoms with Gasteiger partial charge in [0.15, 0.2) is 0 Å². The third kappa shape index (κ3) is 9.95. The van der Waals surface area contributed by atoms with Crippen molar-refractivity contribution in [1.82, 2.24) is 6.15 Å². The molecule has 0 spiro atoms. The molecule has 0 aromatic rings. The minimum Gasteiger partial charge on any atom is -0.394 e. The Labute approximate surface area is 140 Å². The molecule has 0 saturated carbocycles. The van der Waals surface area contributed by atoms with E-state index in [-0.39, 0.29) is 6.15 Å². The van der Waals surface area contributed by atoms with Gasteiger partial charge in [-0.25, -0.2) is 0 Å². The van der Waals surface area contributed by atoms with Crippen LogP contribution in [0.1, 0.15) is 79.1 Å². The van der Waals surface area contributed by atoms with E-state index in [1.807, 2.05) is 0 Å². The summed E-state index contributed by atoms with van der Waals surface area (Å²) in [6, 6.07) is 1.15. The average Bonchev–Trinajstić information content (AvgIpc) is 2.51. The Balaban J connectivity index is 0. The molecular weight excluding hydrogens is 292 g/mol. The summed E-state index contributed by atoms with van der Waals surface area (Å²) < 4.78 is 12.8. The number of hydrogen-bond donors (Lipinski definition) is 2. The number of rotatable bonds is 15. The van der Waals surface area contributed by atoms with Crippen LogP contribution in [0.15, 0.2) is 0 Å². The topological polar surface area (TPSA) is 79.5 Å². The van der Waals surface area contributed by atoms with Crippen molar-refractivity contribution in [1.29, 1.82) is 0 Å². The third-order valence-electron chi connectivity index (χ3n) is 4.07. The van der Waals surface area contributed by atoms with E-state index in [9.17, 15) is 0 Å². The summed E-state index contributed by atoms with van der Waals surface area (Å²) in [5.41, 5.74) is 6.24. The maximum atomic E-state index is 6.40. The monoisotopic (exact) mass is 334 g/mol. The molecule has 0 rings (SSSR count).